The fourth-order valence-electron chi connectivity index (χ4n) is 2.49. The summed E-state index contributed by atoms with van der Waals surface area (Å²) in [7, 11) is 0. The lowest BCUT2D eigenvalue weighted by Crippen LogP contribution is -2.00. The first kappa shape index (κ1) is 18.9. The van der Waals surface area contributed by atoms with Crippen LogP contribution in [0.15, 0.2) is 95.7 Å². The average Bonchev–Trinajstić information content (AvgIpc) is 2.72. The maximum absolute atomic E-state index is 11.9. The van der Waals surface area contributed by atoms with Gasteiger partial charge in [0.1, 0.15) is 12.4 Å². The highest BCUT2D eigenvalue weighted by molar-refractivity contribution is 9.10. The molecule has 3 rings (SSSR count). The summed E-state index contributed by atoms with van der Waals surface area (Å²) in [5.74, 6) is 0.426. The van der Waals surface area contributed by atoms with Gasteiger partial charge in [-0.1, -0.05) is 70.5 Å². The van der Waals surface area contributed by atoms with E-state index < -0.39 is 0 Å². The standard InChI is InChI=1S/C23H19BrO3/c24-21-14-13-19(22(16-21)27-17-18-8-3-1-4-9-18)12-7-15-26-23(25)20-10-5-2-6-11-20/h1-11,13-16H,12,17H2. The molecule has 3 aromatic carbocycles. The Kier molecular flexibility index (Phi) is 6.83. The van der Waals surface area contributed by atoms with Gasteiger partial charge in [0.05, 0.1) is 11.8 Å². The Labute approximate surface area is 167 Å². The molecule has 27 heavy (non-hydrogen) atoms. The number of halogens is 1. The number of hydrogen-bond acceptors (Lipinski definition) is 3. The molecule has 0 aliphatic heterocycles. The summed E-state index contributed by atoms with van der Waals surface area (Å²) in [4.78, 5) is 11.9. The van der Waals surface area contributed by atoms with Crippen molar-refractivity contribution in [1.82, 2.24) is 0 Å². The van der Waals surface area contributed by atoms with Crippen LogP contribution in [0.3, 0.4) is 0 Å². The Bertz CT molecular complexity index is 905. The van der Waals surface area contributed by atoms with Gasteiger partial charge in [0, 0.05) is 4.47 Å². The van der Waals surface area contributed by atoms with E-state index >= 15 is 0 Å². The van der Waals surface area contributed by atoms with E-state index in [2.05, 4.69) is 15.9 Å². The SMILES string of the molecule is O=C(OC=CCc1ccc(Br)cc1OCc1ccccc1)c1ccccc1. The van der Waals surface area contributed by atoms with Crippen LogP contribution in [0.4, 0.5) is 0 Å². The zero-order valence-electron chi connectivity index (χ0n) is 14.7. The second-order valence-corrected chi connectivity index (χ2v) is 6.79. The zero-order chi connectivity index (χ0) is 18.9. The van der Waals surface area contributed by atoms with E-state index in [1.807, 2.05) is 54.6 Å². The Morgan fingerprint density at radius 3 is 2.37 bits per heavy atom. The van der Waals surface area contributed by atoms with Crippen LogP contribution in [-0.2, 0) is 17.8 Å². The third-order valence-electron chi connectivity index (χ3n) is 3.88. The number of ether oxygens (including phenoxy) is 2. The average molecular weight is 423 g/mol. The molecular weight excluding hydrogens is 404 g/mol. The molecule has 0 aromatic heterocycles. The lowest BCUT2D eigenvalue weighted by Gasteiger charge is -2.11. The van der Waals surface area contributed by atoms with Crippen LogP contribution in [0.1, 0.15) is 21.5 Å². The molecule has 0 atom stereocenters. The van der Waals surface area contributed by atoms with Crippen LogP contribution >= 0.6 is 15.9 Å². The fourth-order valence-corrected chi connectivity index (χ4v) is 2.83. The summed E-state index contributed by atoms with van der Waals surface area (Å²) >= 11 is 3.48. The van der Waals surface area contributed by atoms with Crippen LogP contribution in [0.5, 0.6) is 5.75 Å². The molecule has 0 saturated heterocycles. The minimum Gasteiger partial charge on any atom is -0.489 e. The maximum Gasteiger partial charge on any atom is 0.342 e. The molecule has 0 fully saturated rings. The molecule has 0 N–H and O–H groups in total. The van der Waals surface area contributed by atoms with Crippen molar-refractivity contribution < 1.29 is 14.3 Å². The lowest BCUT2D eigenvalue weighted by molar-refractivity contribution is 0.0662. The van der Waals surface area contributed by atoms with Crippen molar-refractivity contribution in [3.8, 4) is 5.75 Å². The third kappa shape index (κ3) is 5.83. The van der Waals surface area contributed by atoms with Crippen LogP contribution < -0.4 is 4.74 Å². The van der Waals surface area contributed by atoms with Crippen molar-refractivity contribution in [2.24, 2.45) is 0 Å². The molecule has 136 valence electrons. The number of hydrogen-bond donors (Lipinski definition) is 0. The van der Waals surface area contributed by atoms with Gasteiger partial charge in [-0.25, -0.2) is 4.79 Å². The van der Waals surface area contributed by atoms with E-state index in [4.69, 9.17) is 9.47 Å². The molecule has 0 aliphatic rings. The minimum atomic E-state index is -0.372. The Morgan fingerprint density at radius 1 is 0.926 bits per heavy atom. The highest BCUT2D eigenvalue weighted by atomic mass is 79.9. The van der Waals surface area contributed by atoms with E-state index in [1.165, 1.54) is 6.26 Å². The molecule has 0 spiro atoms. The Balaban J connectivity index is 1.60. The summed E-state index contributed by atoms with van der Waals surface area (Å²) in [5, 5.41) is 0. The smallest absolute Gasteiger partial charge is 0.342 e. The Morgan fingerprint density at radius 2 is 1.63 bits per heavy atom. The van der Waals surface area contributed by atoms with Crippen molar-refractivity contribution >= 4 is 21.9 Å². The van der Waals surface area contributed by atoms with E-state index in [9.17, 15) is 4.79 Å². The molecule has 0 heterocycles. The second kappa shape index (κ2) is 9.74. The van der Waals surface area contributed by atoms with Crippen molar-refractivity contribution in [2.75, 3.05) is 0 Å². The first-order valence-corrected chi connectivity index (χ1v) is 9.38. The summed E-state index contributed by atoms with van der Waals surface area (Å²) in [5.41, 5.74) is 2.65. The quantitative estimate of drug-likeness (QED) is 0.349. The Hall–Kier alpha value is -2.85. The van der Waals surface area contributed by atoms with Gasteiger partial charge < -0.3 is 9.47 Å². The van der Waals surface area contributed by atoms with Gasteiger partial charge in [0.2, 0.25) is 0 Å². The number of carbonyl (C=O) groups is 1. The van der Waals surface area contributed by atoms with E-state index in [1.54, 1.807) is 30.3 Å². The highest BCUT2D eigenvalue weighted by Crippen LogP contribution is 2.25. The van der Waals surface area contributed by atoms with Gasteiger partial charge in [-0.05, 0) is 47.9 Å². The predicted molar refractivity (Wildman–Crippen MR) is 110 cm³/mol. The summed E-state index contributed by atoms with van der Waals surface area (Å²) < 4.78 is 12.1. The van der Waals surface area contributed by atoms with Crippen molar-refractivity contribution in [2.45, 2.75) is 13.0 Å². The molecule has 0 unspecified atom stereocenters. The highest BCUT2D eigenvalue weighted by Gasteiger charge is 2.06. The number of benzene rings is 3. The van der Waals surface area contributed by atoms with Crippen LogP contribution in [-0.4, -0.2) is 5.97 Å². The van der Waals surface area contributed by atoms with Crippen LogP contribution in [0.25, 0.3) is 0 Å². The topological polar surface area (TPSA) is 35.5 Å². The largest absolute Gasteiger partial charge is 0.489 e. The maximum atomic E-state index is 11.9. The molecule has 0 radical (unpaired) electrons. The van der Waals surface area contributed by atoms with Crippen molar-refractivity contribution in [3.05, 3.63) is 112 Å². The molecular formula is C23H19BrO3. The summed E-state index contributed by atoms with van der Waals surface area (Å²) in [6.07, 6.45) is 3.83. The van der Waals surface area contributed by atoms with Gasteiger partial charge in [-0.2, -0.15) is 0 Å². The molecule has 0 saturated carbocycles. The summed E-state index contributed by atoms with van der Waals surface area (Å²) in [6, 6.07) is 24.8. The fraction of sp³-hybridized carbons (Fsp3) is 0.0870. The van der Waals surface area contributed by atoms with Gasteiger partial charge in [0.25, 0.3) is 0 Å². The van der Waals surface area contributed by atoms with E-state index in [0.717, 1.165) is 21.3 Å². The first-order valence-electron chi connectivity index (χ1n) is 8.58. The predicted octanol–water partition coefficient (Wildman–Crippen LogP) is 5.94. The number of rotatable bonds is 7. The number of carbonyl (C=O) groups excluding carboxylic acids is 1. The second-order valence-electron chi connectivity index (χ2n) is 5.87. The molecule has 3 aromatic rings. The molecule has 0 bridgehead atoms. The molecule has 4 heteroatoms. The van der Waals surface area contributed by atoms with Crippen molar-refractivity contribution in [1.29, 1.82) is 0 Å². The zero-order valence-corrected chi connectivity index (χ0v) is 16.3. The first-order chi connectivity index (χ1) is 13.2. The summed E-state index contributed by atoms with van der Waals surface area (Å²) in [6.45, 7) is 0.497. The van der Waals surface area contributed by atoms with Crippen LogP contribution in [0.2, 0.25) is 0 Å². The van der Waals surface area contributed by atoms with E-state index in [-0.39, 0.29) is 5.97 Å². The minimum absolute atomic E-state index is 0.372. The molecule has 3 nitrogen and oxygen atoms in total. The molecule has 0 amide bonds. The van der Waals surface area contributed by atoms with Gasteiger partial charge >= 0.3 is 5.97 Å². The number of esters is 1. The normalized spacial score (nSPS) is 10.7. The third-order valence-corrected chi connectivity index (χ3v) is 4.38. The van der Waals surface area contributed by atoms with Gasteiger partial charge in [-0.3, -0.25) is 0 Å². The molecule has 0 aliphatic carbocycles. The van der Waals surface area contributed by atoms with Crippen LogP contribution in [0, 0.1) is 0 Å². The van der Waals surface area contributed by atoms with E-state index in [0.29, 0.717) is 18.6 Å². The van der Waals surface area contributed by atoms with Crippen molar-refractivity contribution in [3.63, 3.8) is 0 Å². The monoisotopic (exact) mass is 422 g/mol. The van der Waals surface area contributed by atoms with Gasteiger partial charge in [-0.15, -0.1) is 0 Å². The van der Waals surface area contributed by atoms with Gasteiger partial charge in [0.15, 0.2) is 0 Å². The lowest BCUT2D eigenvalue weighted by atomic mass is 10.1. The number of allylic oxidation sites excluding steroid dienone is 1.